The summed E-state index contributed by atoms with van der Waals surface area (Å²) in [6, 6.07) is 74.1. The molecule has 3 amide bonds. The number of piperazine rings is 1. The maximum Gasteiger partial charge on any atom is 0.268 e. The molecule has 16 rings (SSSR count). The van der Waals surface area contributed by atoms with Gasteiger partial charge in [-0.05, 0) is 165 Å². The molecule has 648 valence electrons. The van der Waals surface area contributed by atoms with E-state index in [1.165, 1.54) is 33.6 Å². The van der Waals surface area contributed by atoms with Crippen molar-refractivity contribution < 1.29 is 54.6 Å². The summed E-state index contributed by atoms with van der Waals surface area (Å²) < 4.78 is 94.1. The molecule has 0 spiro atoms. The second kappa shape index (κ2) is 39.8. The first-order chi connectivity index (χ1) is 60.2. The third-order valence-electron chi connectivity index (χ3n) is 22.6. The molecular weight excluding hydrogens is 1610 g/mol. The van der Waals surface area contributed by atoms with Crippen molar-refractivity contribution in [2.45, 2.75) is 107 Å². The second-order valence-electron chi connectivity index (χ2n) is 32.8. The fraction of sp³-hybridized carbons (Fsp3) is 0.290. The Bertz CT molecular complexity index is 6000. The van der Waals surface area contributed by atoms with Gasteiger partial charge in [0.25, 0.3) is 27.7 Å². The Kier molecular flexibility index (Phi) is 28.2. The molecule has 12 aromatic rings. The van der Waals surface area contributed by atoms with Crippen LogP contribution in [-0.4, -0.2) is 187 Å². The van der Waals surface area contributed by atoms with Gasteiger partial charge in [-0.3, -0.25) is 19.3 Å². The van der Waals surface area contributed by atoms with E-state index in [0.717, 1.165) is 70.1 Å². The lowest BCUT2D eigenvalue weighted by molar-refractivity contribution is -0.128. The van der Waals surface area contributed by atoms with E-state index in [2.05, 4.69) is 108 Å². The van der Waals surface area contributed by atoms with E-state index in [0.29, 0.717) is 134 Å². The van der Waals surface area contributed by atoms with Gasteiger partial charge in [0.05, 0.1) is 43.5 Å². The summed E-state index contributed by atoms with van der Waals surface area (Å²) in [6.07, 6.45) is 7.89. The van der Waals surface area contributed by atoms with Gasteiger partial charge in [0.15, 0.2) is 0 Å². The number of pyridine rings is 2. The molecule has 0 bridgehead atoms. The molecule has 0 saturated carbocycles. The van der Waals surface area contributed by atoms with Gasteiger partial charge in [0.2, 0.25) is 21.6 Å². The standard InChI is InChI=1S/C34H33N3O4S.C33H43FN4O3.C33H32N4O4S/c1-36(2)27-15-12-24(13-16-27)26-14-17-32(35-23-26)41-28-18-20-37(21-19-28)34(38)31-22-25-8-6-7-11-30(25)33(31)42(39,40)29-9-4-3-5-10-29;1-23(2)40-29-13-9-26(32(20-29)41-24(3)4)21-35-31-14-10-27(34)19-30(31)33(39)38-17-15-37(16-18-38)22-25-7-11-28(12-8-25)36(5)6;1-35(2)26-15-12-24(13-16-26)25-14-17-32(34-22-25)41-27-18-20-36(21-19-27)33(38)30-23-37(31-11-7-6-10-29(30)31)42(39,40)28-8-4-3-5-9-28/h3-17,23,28H,18-22H2,1-2H3;7-14,19-20,23-24,35H,15-18,21-22H2,1-6H3;3-17,22-23,27H,18-21H2,1-2H3. The van der Waals surface area contributed by atoms with E-state index in [1.807, 2.05) is 154 Å². The Morgan fingerprint density at radius 1 is 0.488 bits per heavy atom. The minimum Gasteiger partial charge on any atom is -0.491 e. The number of likely N-dealkylation sites (tertiary alicyclic amines) is 2. The predicted octanol–water partition coefficient (Wildman–Crippen LogP) is 17.4. The zero-order valence-corrected chi connectivity index (χ0v) is 74.0. The number of nitrogens with zero attached hydrogens (tertiary/aromatic N) is 10. The minimum atomic E-state index is -3.87. The highest BCUT2D eigenvalue weighted by Crippen LogP contribution is 2.42. The van der Waals surface area contributed by atoms with Crippen LogP contribution in [0.1, 0.15) is 96.3 Å². The molecule has 3 saturated heterocycles. The van der Waals surface area contributed by atoms with E-state index < -0.39 is 25.7 Å². The van der Waals surface area contributed by atoms with Crippen molar-refractivity contribution in [3.05, 3.63) is 306 Å². The highest BCUT2D eigenvalue weighted by molar-refractivity contribution is 8.00. The van der Waals surface area contributed by atoms with Crippen LogP contribution in [0.15, 0.2) is 277 Å². The molecule has 0 unspecified atom stereocenters. The zero-order chi connectivity index (χ0) is 88.1. The van der Waals surface area contributed by atoms with Gasteiger partial charge >= 0.3 is 0 Å². The summed E-state index contributed by atoms with van der Waals surface area (Å²) in [7, 11) is 4.39. The average molecular weight is 1720 g/mol. The molecule has 4 aliphatic rings. The molecule has 22 nitrogen and oxygen atoms in total. The molecular formula is C100H108FN11O11S2. The molecule has 3 aliphatic heterocycles. The Morgan fingerprint density at radius 3 is 1.51 bits per heavy atom. The van der Waals surface area contributed by atoms with Crippen LogP contribution >= 0.6 is 0 Å². The van der Waals surface area contributed by atoms with Crippen molar-refractivity contribution in [3.8, 4) is 45.5 Å². The summed E-state index contributed by atoms with van der Waals surface area (Å²) in [5.74, 6) is 1.56. The van der Waals surface area contributed by atoms with Gasteiger partial charge in [0.1, 0.15) is 29.5 Å². The Balaban J connectivity index is 0.000000152. The maximum absolute atomic E-state index is 14.3. The quantitative estimate of drug-likeness (QED) is 0.0562. The molecule has 6 heterocycles. The Labute approximate surface area is 733 Å². The maximum atomic E-state index is 14.3. The van der Waals surface area contributed by atoms with Crippen molar-refractivity contribution in [2.75, 3.05) is 115 Å². The van der Waals surface area contributed by atoms with E-state index >= 15 is 0 Å². The van der Waals surface area contributed by atoms with Crippen LogP contribution in [-0.2, 0) is 44.2 Å². The van der Waals surface area contributed by atoms with Crippen molar-refractivity contribution in [3.63, 3.8) is 0 Å². The summed E-state index contributed by atoms with van der Waals surface area (Å²) in [5, 5.41) is 3.97. The summed E-state index contributed by atoms with van der Waals surface area (Å²) >= 11 is 0. The van der Waals surface area contributed by atoms with Crippen molar-refractivity contribution >= 4 is 76.1 Å². The van der Waals surface area contributed by atoms with Crippen molar-refractivity contribution in [2.24, 2.45) is 0 Å². The SMILES string of the molecule is CC(C)Oc1ccc(CNc2ccc(F)cc2C(=O)N2CCN(Cc3ccc(N(C)C)cc3)CC2)c(OC(C)C)c1.CN(C)c1ccc(-c2ccc(OC3CCN(C(=O)C4=C(S(=O)(=O)c5ccccc5)c5ccccc5C4)CC3)nc2)cc1.CN(C)c1ccc(-c2ccc(OC3CCN(C(=O)c4cn(S(=O)(=O)c5ccccc5)c5ccccc45)CC3)nc2)cc1. The minimum absolute atomic E-state index is 0.0120. The Morgan fingerprint density at radius 2 is 0.976 bits per heavy atom. The fourth-order valence-electron chi connectivity index (χ4n) is 15.8. The third-order valence-corrected chi connectivity index (χ3v) is 26.2. The number of hydrogen-bond acceptors (Lipinski definition) is 18. The van der Waals surface area contributed by atoms with Crippen LogP contribution in [0.5, 0.6) is 23.3 Å². The monoisotopic (exact) mass is 1720 g/mol. The number of para-hydroxylation sites is 1. The van der Waals surface area contributed by atoms with Crippen molar-refractivity contribution in [1.82, 2.24) is 33.5 Å². The smallest absolute Gasteiger partial charge is 0.268 e. The lowest BCUT2D eigenvalue weighted by atomic mass is 10.1. The molecule has 3 aromatic heterocycles. The van der Waals surface area contributed by atoms with Gasteiger partial charge < -0.3 is 53.7 Å². The van der Waals surface area contributed by atoms with Crippen LogP contribution in [0.4, 0.5) is 27.1 Å². The van der Waals surface area contributed by atoms with Crippen molar-refractivity contribution in [1.29, 1.82) is 0 Å². The first-order valence-electron chi connectivity index (χ1n) is 42.4. The van der Waals surface area contributed by atoms with Crippen LogP contribution in [0, 0.1) is 5.82 Å². The van der Waals surface area contributed by atoms with E-state index in [1.54, 1.807) is 101 Å². The number of piperidine rings is 2. The first kappa shape index (κ1) is 88.5. The normalized spacial score (nSPS) is 14.5. The number of amides is 3. The second-order valence-corrected chi connectivity index (χ2v) is 36.5. The van der Waals surface area contributed by atoms with Gasteiger partial charge in [-0.2, -0.15) is 0 Å². The fourth-order valence-corrected chi connectivity index (χ4v) is 18.9. The number of carbonyl (C=O) groups excluding carboxylic acids is 3. The average Bonchev–Trinajstić information content (AvgIpc) is 1.60. The van der Waals surface area contributed by atoms with E-state index in [4.69, 9.17) is 18.9 Å². The third kappa shape index (κ3) is 21.5. The molecule has 25 heteroatoms. The largest absolute Gasteiger partial charge is 0.491 e. The number of rotatable bonds is 25. The highest BCUT2D eigenvalue weighted by atomic mass is 32.2. The van der Waals surface area contributed by atoms with Gasteiger partial charge in [-0.1, -0.05) is 115 Å². The van der Waals surface area contributed by atoms with Crippen LogP contribution < -0.4 is 39.0 Å². The van der Waals surface area contributed by atoms with Crippen LogP contribution in [0.3, 0.4) is 0 Å². The highest BCUT2D eigenvalue weighted by Gasteiger charge is 2.39. The number of carbonyl (C=O) groups is 3. The number of sulfone groups is 1. The number of halogens is 1. The molecule has 3 fully saturated rings. The molecule has 125 heavy (non-hydrogen) atoms. The summed E-state index contributed by atoms with van der Waals surface area (Å²) in [6.45, 7) is 13.9. The molecule has 1 aliphatic carbocycles. The lowest BCUT2D eigenvalue weighted by Crippen LogP contribution is -2.48. The molecule has 1 N–H and O–H groups in total. The predicted molar refractivity (Wildman–Crippen MR) is 493 cm³/mol. The number of aromatic nitrogens is 3. The summed E-state index contributed by atoms with van der Waals surface area (Å²) in [4.78, 5) is 64.5. The Hall–Kier alpha value is -12.8. The van der Waals surface area contributed by atoms with Gasteiger partial charge in [-0.25, -0.2) is 35.2 Å². The molecule has 9 aromatic carbocycles. The van der Waals surface area contributed by atoms with E-state index in [9.17, 15) is 35.6 Å². The number of ether oxygens (including phenoxy) is 4. The van der Waals surface area contributed by atoms with Gasteiger partial charge in [-0.15, -0.1) is 0 Å². The van der Waals surface area contributed by atoms with Crippen LogP contribution in [0.2, 0.25) is 0 Å². The van der Waals surface area contributed by atoms with Gasteiger partial charge in [0, 0.05) is 227 Å². The number of hydrogen-bond donors (Lipinski definition) is 1. The van der Waals surface area contributed by atoms with E-state index in [-0.39, 0.29) is 56.8 Å². The topological polar surface area (TPSA) is 222 Å². The zero-order valence-electron chi connectivity index (χ0n) is 72.4. The number of nitrogens with one attached hydrogen (secondary N) is 1. The van der Waals surface area contributed by atoms with Crippen LogP contribution in [0.25, 0.3) is 38.1 Å². The molecule has 0 radical (unpaired) electrons. The lowest BCUT2D eigenvalue weighted by Gasteiger charge is -2.35. The number of benzene rings is 9. The first-order valence-corrected chi connectivity index (χ1v) is 45.3. The summed E-state index contributed by atoms with van der Waals surface area (Å²) in [5.41, 5.74) is 13.4. The molecule has 0 atom stereocenters. The number of fused-ring (bicyclic) bond motifs is 2. The number of anilines is 4.